The third kappa shape index (κ3) is 2.36. The highest BCUT2D eigenvalue weighted by Crippen LogP contribution is 2.36. The van der Waals surface area contributed by atoms with E-state index in [9.17, 15) is 0 Å². The SMILES string of the molecule is CC1CCCC(n2c(C(C)Cl)nc3cccnc32)C1. The van der Waals surface area contributed by atoms with Crippen molar-refractivity contribution in [2.75, 3.05) is 0 Å². The summed E-state index contributed by atoms with van der Waals surface area (Å²) in [6.45, 7) is 4.33. The fourth-order valence-corrected chi connectivity index (χ4v) is 3.38. The summed E-state index contributed by atoms with van der Waals surface area (Å²) in [7, 11) is 0. The molecule has 0 amide bonds. The van der Waals surface area contributed by atoms with Gasteiger partial charge >= 0.3 is 0 Å². The van der Waals surface area contributed by atoms with Gasteiger partial charge in [-0.25, -0.2) is 9.97 Å². The van der Waals surface area contributed by atoms with Crippen molar-refractivity contribution in [1.82, 2.24) is 14.5 Å². The standard InChI is InChI=1S/C15H20ClN3/c1-10-5-3-6-12(9-10)19-14(11(2)16)18-13-7-4-8-17-15(13)19/h4,7-8,10-12H,3,5-6,9H2,1-2H3. The van der Waals surface area contributed by atoms with E-state index in [0.29, 0.717) is 6.04 Å². The topological polar surface area (TPSA) is 30.7 Å². The Morgan fingerprint density at radius 2 is 2.26 bits per heavy atom. The molecule has 1 aliphatic rings. The van der Waals surface area contributed by atoms with Crippen LogP contribution in [0, 0.1) is 5.92 Å². The van der Waals surface area contributed by atoms with Gasteiger partial charge < -0.3 is 4.57 Å². The van der Waals surface area contributed by atoms with Gasteiger partial charge in [-0.3, -0.25) is 0 Å². The zero-order valence-corrected chi connectivity index (χ0v) is 12.3. The Balaban J connectivity index is 2.11. The van der Waals surface area contributed by atoms with Gasteiger partial charge in [0.2, 0.25) is 0 Å². The highest BCUT2D eigenvalue weighted by Gasteiger charge is 2.26. The average Bonchev–Trinajstić information content (AvgIpc) is 2.78. The van der Waals surface area contributed by atoms with Crippen LogP contribution in [-0.2, 0) is 0 Å². The molecule has 1 aliphatic carbocycles. The maximum atomic E-state index is 6.32. The molecular formula is C15H20ClN3. The molecule has 4 heteroatoms. The number of fused-ring (bicyclic) bond motifs is 1. The lowest BCUT2D eigenvalue weighted by atomic mass is 9.87. The molecule has 3 rings (SSSR count). The molecule has 0 aliphatic heterocycles. The lowest BCUT2D eigenvalue weighted by molar-refractivity contribution is 0.281. The van der Waals surface area contributed by atoms with E-state index in [1.54, 1.807) is 0 Å². The second-order valence-corrected chi connectivity index (χ2v) is 6.38. The fourth-order valence-electron chi connectivity index (χ4n) is 3.22. The van der Waals surface area contributed by atoms with Crippen molar-refractivity contribution in [3.63, 3.8) is 0 Å². The molecule has 0 aromatic carbocycles. The third-order valence-electron chi connectivity index (χ3n) is 4.11. The first-order chi connectivity index (χ1) is 9.16. The Morgan fingerprint density at radius 3 is 3.00 bits per heavy atom. The van der Waals surface area contributed by atoms with Crippen LogP contribution >= 0.6 is 11.6 Å². The molecule has 0 spiro atoms. The number of pyridine rings is 1. The minimum absolute atomic E-state index is 0.0774. The monoisotopic (exact) mass is 277 g/mol. The summed E-state index contributed by atoms with van der Waals surface area (Å²) in [5.41, 5.74) is 1.95. The number of alkyl halides is 1. The van der Waals surface area contributed by atoms with Gasteiger partial charge in [0.05, 0.1) is 5.38 Å². The molecule has 1 saturated carbocycles. The van der Waals surface area contributed by atoms with Gasteiger partial charge in [0.25, 0.3) is 0 Å². The highest BCUT2D eigenvalue weighted by molar-refractivity contribution is 6.20. The summed E-state index contributed by atoms with van der Waals surface area (Å²) < 4.78 is 2.29. The minimum Gasteiger partial charge on any atom is -0.308 e. The normalized spacial score (nSPS) is 25.6. The van der Waals surface area contributed by atoms with Gasteiger partial charge in [-0.1, -0.05) is 19.8 Å². The molecule has 0 saturated heterocycles. The molecule has 19 heavy (non-hydrogen) atoms. The van der Waals surface area contributed by atoms with Crippen molar-refractivity contribution in [2.24, 2.45) is 5.92 Å². The van der Waals surface area contributed by atoms with E-state index in [1.165, 1.54) is 25.7 Å². The van der Waals surface area contributed by atoms with E-state index in [1.807, 2.05) is 25.3 Å². The predicted molar refractivity (Wildman–Crippen MR) is 78.5 cm³/mol. The number of nitrogens with zero attached hydrogens (tertiary/aromatic N) is 3. The van der Waals surface area contributed by atoms with Crippen LogP contribution in [0.5, 0.6) is 0 Å². The number of imidazole rings is 1. The largest absolute Gasteiger partial charge is 0.308 e. The van der Waals surface area contributed by atoms with Crippen LogP contribution in [0.2, 0.25) is 0 Å². The van der Waals surface area contributed by atoms with E-state index in [-0.39, 0.29) is 5.38 Å². The zero-order chi connectivity index (χ0) is 13.4. The number of hydrogen-bond donors (Lipinski definition) is 0. The Morgan fingerprint density at radius 1 is 1.42 bits per heavy atom. The molecule has 0 radical (unpaired) electrons. The lowest BCUT2D eigenvalue weighted by Crippen LogP contribution is -2.20. The van der Waals surface area contributed by atoms with Gasteiger partial charge in [-0.2, -0.15) is 0 Å². The number of halogens is 1. The molecule has 3 unspecified atom stereocenters. The van der Waals surface area contributed by atoms with Crippen molar-refractivity contribution in [1.29, 1.82) is 0 Å². The first-order valence-electron chi connectivity index (χ1n) is 7.13. The van der Waals surface area contributed by atoms with Gasteiger partial charge in [0.15, 0.2) is 5.65 Å². The molecule has 0 N–H and O–H groups in total. The Bertz CT molecular complexity index is 576. The highest BCUT2D eigenvalue weighted by atomic mass is 35.5. The first-order valence-corrected chi connectivity index (χ1v) is 7.57. The van der Waals surface area contributed by atoms with Crippen LogP contribution in [0.25, 0.3) is 11.2 Å². The Kier molecular flexibility index (Phi) is 3.48. The number of hydrogen-bond acceptors (Lipinski definition) is 2. The van der Waals surface area contributed by atoms with Crippen LogP contribution in [0.3, 0.4) is 0 Å². The van der Waals surface area contributed by atoms with E-state index < -0.39 is 0 Å². The van der Waals surface area contributed by atoms with Gasteiger partial charge in [0.1, 0.15) is 11.3 Å². The summed E-state index contributed by atoms with van der Waals surface area (Å²) in [5.74, 6) is 1.74. The molecule has 0 bridgehead atoms. The van der Waals surface area contributed by atoms with E-state index >= 15 is 0 Å². The van der Waals surface area contributed by atoms with Crippen LogP contribution in [0.1, 0.15) is 56.8 Å². The summed E-state index contributed by atoms with van der Waals surface area (Å²) >= 11 is 6.32. The van der Waals surface area contributed by atoms with Crippen LogP contribution in [0.15, 0.2) is 18.3 Å². The van der Waals surface area contributed by atoms with Gasteiger partial charge in [-0.05, 0) is 37.8 Å². The Labute approximate surface area is 119 Å². The molecule has 3 nitrogen and oxygen atoms in total. The van der Waals surface area contributed by atoms with Crippen molar-refractivity contribution < 1.29 is 0 Å². The summed E-state index contributed by atoms with van der Waals surface area (Å²) in [6, 6.07) is 4.46. The third-order valence-corrected chi connectivity index (χ3v) is 4.30. The second kappa shape index (κ2) is 5.12. The fraction of sp³-hybridized carbons (Fsp3) is 0.600. The summed E-state index contributed by atoms with van der Waals surface area (Å²) in [4.78, 5) is 9.21. The molecular weight excluding hydrogens is 258 g/mol. The maximum absolute atomic E-state index is 6.32. The van der Waals surface area contributed by atoms with E-state index in [2.05, 4.69) is 21.5 Å². The summed E-state index contributed by atoms with van der Waals surface area (Å²) in [5, 5.41) is -0.0774. The number of rotatable bonds is 2. The van der Waals surface area contributed by atoms with Crippen molar-refractivity contribution >= 4 is 22.8 Å². The molecule has 2 heterocycles. The molecule has 2 aromatic heterocycles. The van der Waals surface area contributed by atoms with Crippen molar-refractivity contribution in [3.05, 3.63) is 24.2 Å². The molecule has 102 valence electrons. The smallest absolute Gasteiger partial charge is 0.160 e. The quantitative estimate of drug-likeness (QED) is 0.758. The summed E-state index contributed by atoms with van der Waals surface area (Å²) in [6.07, 6.45) is 6.88. The van der Waals surface area contributed by atoms with Crippen molar-refractivity contribution in [3.8, 4) is 0 Å². The van der Waals surface area contributed by atoms with Crippen LogP contribution in [-0.4, -0.2) is 14.5 Å². The van der Waals surface area contributed by atoms with Gasteiger partial charge in [0, 0.05) is 12.2 Å². The molecule has 1 fully saturated rings. The van der Waals surface area contributed by atoms with Crippen molar-refractivity contribution in [2.45, 2.75) is 50.9 Å². The second-order valence-electron chi connectivity index (χ2n) is 5.73. The van der Waals surface area contributed by atoms with E-state index in [0.717, 1.165) is 22.9 Å². The Hall–Kier alpha value is -1.09. The van der Waals surface area contributed by atoms with E-state index in [4.69, 9.17) is 11.6 Å². The first kappa shape index (κ1) is 12.9. The zero-order valence-electron chi connectivity index (χ0n) is 11.5. The number of aromatic nitrogens is 3. The maximum Gasteiger partial charge on any atom is 0.160 e. The van der Waals surface area contributed by atoms with Crippen LogP contribution < -0.4 is 0 Å². The molecule has 3 atom stereocenters. The van der Waals surface area contributed by atoms with Gasteiger partial charge in [-0.15, -0.1) is 11.6 Å². The molecule has 2 aromatic rings. The average molecular weight is 278 g/mol. The lowest BCUT2D eigenvalue weighted by Gasteiger charge is -2.29. The minimum atomic E-state index is -0.0774. The van der Waals surface area contributed by atoms with Crippen LogP contribution in [0.4, 0.5) is 0 Å². The predicted octanol–water partition coefficient (Wildman–Crippen LogP) is 4.48.